The molecule has 1 aromatic carbocycles. The molecule has 0 N–H and O–H groups in total. The van der Waals surface area contributed by atoms with Gasteiger partial charge in [0, 0.05) is 18.3 Å². The van der Waals surface area contributed by atoms with Gasteiger partial charge in [0.25, 0.3) is 0 Å². The number of piperidine rings is 3. The molecule has 2 bridgehead atoms. The molecule has 3 saturated heterocycles. The molecule has 174 valence electrons. The molecule has 8 heteroatoms. The monoisotopic (exact) mass is 458 g/mol. The molecule has 0 aliphatic carbocycles. The normalized spacial score (nSPS) is 21.8. The van der Waals surface area contributed by atoms with Gasteiger partial charge < -0.3 is 14.2 Å². The Morgan fingerprint density at radius 3 is 2.53 bits per heavy atom. The van der Waals surface area contributed by atoms with Crippen LogP contribution >= 0.6 is 0 Å². The smallest absolute Gasteiger partial charge is 0.318 e. The highest BCUT2D eigenvalue weighted by molar-refractivity contribution is 5.79. The molecular formula is C26H27FN6O. The molecule has 6 heterocycles. The van der Waals surface area contributed by atoms with Crippen LogP contribution in [0.2, 0.25) is 0 Å². The van der Waals surface area contributed by atoms with Gasteiger partial charge in [-0.3, -0.25) is 4.98 Å². The van der Waals surface area contributed by atoms with Crippen molar-refractivity contribution in [2.45, 2.75) is 32.2 Å². The number of nitrogens with zero attached hydrogens (tertiary/aromatic N) is 6. The summed E-state index contributed by atoms with van der Waals surface area (Å²) in [5.41, 5.74) is 5.19. The first-order chi connectivity index (χ1) is 16.6. The van der Waals surface area contributed by atoms with E-state index in [1.54, 1.807) is 13.3 Å². The van der Waals surface area contributed by atoms with E-state index in [4.69, 9.17) is 9.72 Å². The molecule has 0 unspecified atom stereocenters. The third-order valence-corrected chi connectivity index (χ3v) is 7.30. The van der Waals surface area contributed by atoms with Crippen LogP contribution in [0.15, 0.2) is 42.7 Å². The summed E-state index contributed by atoms with van der Waals surface area (Å²) in [5, 5.41) is 0. The molecule has 34 heavy (non-hydrogen) atoms. The van der Waals surface area contributed by atoms with Crippen molar-refractivity contribution in [2.24, 2.45) is 5.92 Å². The summed E-state index contributed by atoms with van der Waals surface area (Å²) < 4.78 is 21.3. The number of rotatable bonds is 5. The summed E-state index contributed by atoms with van der Waals surface area (Å²) in [4.78, 5) is 20.3. The maximum atomic E-state index is 14.0. The van der Waals surface area contributed by atoms with Crippen molar-refractivity contribution in [1.29, 1.82) is 0 Å². The summed E-state index contributed by atoms with van der Waals surface area (Å²) in [6, 6.07) is 10.7. The van der Waals surface area contributed by atoms with Gasteiger partial charge in [-0.25, -0.2) is 9.37 Å². The largest absolute Gasteiger partial charge is 0.467 e. The Balaban J connectivity index is 1.39. The molecule has 4 aromatic rings. The lowest BCUT2D eigenvalue weighted by Gasteiger charge is -2.45. The van der Waals surface area contributed by atoms with E-state index in [1.807, 2.05) is 11.5 Å². The van der Waals surface area contributed by atoms with Crippen molar-refractivity contribution < 1.29 is 9.13 Å². The Morgan fingerprint density at radius 1 is 1.06 bits per heavy atom. The second-order valence-corrected chi connectivity index (χ2v) is 9.37. The van der Waals surface area contributed by atoms with E-state index < -0.39 is 5.82 Å². The zero-order chi connectivity index (χ0) is 23.2. The Hall–Kier alpha value is -3.39. The van der Waals surface area contributed by atoms with Crippen LogP contribution in [-0.2, 0) is 6.54 Å². The van der Waals surface area contributed by atoms with Crippen molar-refractivity contribution in [3.63, 3.8) is 0 Å². The lowest BCUT2D eigenvalue weighted by atomic mass is 9.75. The first kappa shape index (κ1) is 21.2. The van der Waals surface area contributed by atoms with Crippen molar-refractivity contribution in [1.82, 2.24) is 29.4 Å². The topological polar surface area (TPSA) is 69.0 Å². The fourth-order valence-electron chi connectivity index (χ4n) is 5.50. The molecule has 1 atom stereocenters. The van der Waals surface area contributed by atoms with Crippen LogP contribution in [0.25, 0.3) is 22.6 Å². The third-order valence-electron chi connectivity index (χ3n) is 7.30. The summed E-state index contributed by atoms with van der Waals surface area (Å²) >= 11 is 0. The number of ether oxygens (including phenoxy) is 1. The van der Waals surface area contributed by atoms with E-state index in [-0.39, 0.29) is 6.01 Å². The lowest BCUT2D eigenvalue weighted by Crippen LogP contribution is -2.46. The molecule has 3 fully saturated rings. The Bertz CT molecular complexity index is 1340. The average molecular weight is 459 g/mol. The number of methoxy groups -OCH3 is 1. The highest BCUT2D eigenvalue weighted by Crippen LogP contribution is 2.39. The molecule has 3 aliphatic heterocycles. The van der Waals surface area contributed by atoms with Crippen molar-refractivity contribution in [3.05, 3.63) is 65.4 Å². The van der Waals surface area contributed by atoms with Crippen molar-refractivity contribution >= 4 is 11.2 Å². The number of pyridine rings is 1. The average Bonchev–Trinajstić information content (AvgIpc) is 3.24. The zero-order valence-corrected chi connectivity index (χ0v) is 19.4. The standard InChI is InChI=1S/C26H27FN6O/c1-16-23-25(31-26(29-16)34-2)33(24(30-23)20-11-21(27)13-28-12-20)14-17-3-5-18(6-4-17)22-15-32-9-7-19(22)8-10-32/h3-6,11-13,19,22H,7-10,14-15H2,1-2H3/t22-/m1/s1. The molecule has 7 rings (SSSR count). The van der Waals surface area contributed by atoms with Gasteiger partial charge in [-0.2, -0.15) is 9.97 Å². The molecular weight excluding hydrogens is 431 g/mol. The molecule has 0 saturated carbocycles. The predicted molar refractivity (Wildman–Crippen MR) is 127 cm³/mol. The summed E-state index contributed by atoms with van der Waals surface area (Å²) in [6.07, 6.45) is 5.42. The number of aromatic nitrogens is 5. The number of halogens is 1. The minimum absolute atomic E-state index is 0.285. The van der Waals surface area contributed by atoms with Gasteiger partial charge >= 0.3 is 6.01 Å². The predicted octanol–water partition coefficient (Wildman–Crippen LogP) is 4.20. The molecule has 0 radical (unpaired) electrons. The van der Waals surface area contributed by atoms with Gasteiger partial charge in [-0.05, 0) is 61.9 Å². The van der Waals surface area contributed by atoms with E-state index in [2.05, 4.69) is 44.1 Å². The number of hydrogen-bond acceptors (Lipinski definition) is 6. The van der Waals surface area contributed by atoms with Gasteiger partial charge in [0.1, 0.15) is 17.2 Å². The number of aryl methyl sites for hydroxylation is 1. The zero-order valence-electron chi connectivity index (χ0n) is 19.4. The molecule has 3 aromatic heterocycles. The quantitative estimate of drug-likeness (QED) is 0.447. The van der Waals surface area contributed by atoms with Crippen molar-refractivity contribution in [2.75, 3.05) is 26.7 Å². The van der Waals surface area contributed by atoms with Gasteiger partial charge in [0.2, 0.25) is 0 Å². The minimum atomic E-state index is -0.404. The first-order valence-electron chi connectivity index (χ1n) is 11.8. The SMILES string of the molecule is COc1nc(C)c2nc(-c3cncc(F)c3)n(Cc3ccc([C@H]4CN5CCC4CC5)cc3)c2n1. The van der Waals surface area contributed by atoms with Crippen LogP contribution in [0.4, 0.5) is 4.39 Å². The number of benzene rings is 1. The second-order valence-electron chi connectivity index (χ2n) is 9.37. The number of fused-ring (bicyclic) bond motifs is 4. The lowest BCUT2D eigenvalue weighted by molar-refractivity contribution is 0.0871. The first-order valence-corrected chi connectivity index (χ1v) is 11.8. The Kier molecular flexibility index (Phi) is 5.25. The van der Waals surface area contributed by atoms with Crippen LogP contribution in [0.1, 0.15) is 35.6 Å². The maximum absolute atomic E-state index is 14.0. The second kappa shape index (κ2) is 8.43. The molecule has 3 aliphatic rings. The third kappa shape index (κ3) is 3.72. The van der Waals surface area contributed by atoms with Crippen molar-refractivity contribution in [3.8, 4) is 17.4 Å². The highest BCUT2D eigenvalue weighted by Gasteiger charge is 2.34. The molecule has 0 amide bonds. The van der Waals surface area contributed by atoms with Gasteiger partial charge in [-0.1, -0.05) is 24.3 Å². The minimum Gasteiger partial charge on any atom is -0.467 e. The Morgan fingerprint density at radius 2 is 1.85 bits per heavy atom. The van der Waals surface area contributed by atoms with E-state index in [0.29, 0.717) is 40.7 Å². The summed E-state index contributed by atoms with van der Waals surface area (Å²) in [5.74, 6) is 1.62. The van der Waals surface area contributed by atoms with Crippen LogP contribution in [0.5, 0.6) is 6.01 Å². The van der Waals surface area contributed by atoms with Gasteiger partial charge in [0.05, 0.1) is 25.5 Å². The molecule has 0 spiro atoms. The fraction of sp³-hybridized carbons (Fsp3) is 0.385. The van der Waals surface area contributed by atoms with Gasteiger partial charge in [-0.15, -0.1) is 0 Å². The maximum Gasteiger partial charge on any atom is 0.318 e. The van der Waals surface area contributed by atoms with E-state index in [1.165, 1.54) is 50.3 Å². The van der Waals surface area contributed by atoms with Crippen LogP contribution in [0, 0.1) is 18.7 Å². The molecule has 7 nitrogen and oxygen atoms in total. The summed E-state index contributed by atoms with van der Waals surface area (Å²) in [7, 11) is 1.55. The van der Waals surface area contributed by atoms with Gasteiger partial charge in [0.15, 0.2) is 5.65 Å². The van der Waals surface area contributed by atoms with E-state index in [0.717, 1.165) is 11.5 Å². The fourth-order valence-corrected chi connectivity index (χ4v) is 5.50. The highest BCUT2D eigenvalue weighted by atomic mass is 19.1. The van der Waals surface area contributed by atoms with E-state index >= 15 is 0 Å². The summed E-state index contributed by atoms with van der Waals surface area (Å²) in [6.45, 7) is 6.08. The number of hydrogen-bond donors (Lipinski definition) is 0. The van der Waals surface area contributed by atoms with E-state index in [9.17, 15) is 4.39 Å². The number of imidazole rings is 1. The Labute approximate surface area is 197 Å². The van der Waals surface area contributed by atoms with Crippen LogP contribution in [0.3, 0.4) is 0 Å². The van der Waals surface area contributed by atoms with Crippen LogP contribution in [-0.4, -0.2) is 56.1 Å². The van der Waals surface area contributed by atoms with Crippen LogP contribution < -0.4 is 4.74 Å².